The van der Waals surface area contributed by atoms with Crippen molar-refractivity contribution in [1.82, 2.24) is 9.99 Å². The van der Waals surface area contributed by atoms with Gasteiger partial charge in [0.25, 0.3) is 5.91 Å². The highest BCUT2D eigenvalue weighted by Crippen LogP contribution is 2.15. The number of ether oxygens (including phenoxy) is 1. The third kappa shape index (κ3) is 5.74. The molecule has 0 radical (unpaired) electrons. The lowest BCUT2D eigenvalue weighted by atomic mass is 10.2. The van der Waals surface area contributed by atoms with Crippen LogP contribution in [0.15, 0.2) is 53.7 Å². The summed E-state index contributed by atoms with van der Waals surface area (Å²) >= 11 is 6.67. The number of benzene rings is 1. The van der Waals surface area contributed by atoms with Crippen molar-refractivity contribution in [3.05, 3.63) is 54.2 Å². The minimum atomic E-state index is -0.979. The van der Waals surface area contributed by atoms with Crippen molar-refractivity contribution in [2.45, 2.75) is 17.7 Å². The van der Waals surface area contributed by atoms with Gasteiger partial charge in [-0.25, -0.2) is 4.79 Å². The van der Waals surface area contributed by atoms with Gasteiger partial charge in [0, 0.05) is 18.0 Å². The van der Waals surface area contributed by atoms with Crippen molar-refractivity contribution in [2.75, 3.05) is 11.3 Å². The van der Waals surface area contributed by atoms with Crippen molar-refractivity contribution in [3.8, 4) is 5.40 Å². The summed E-state index contributed by atoms with van der Waals surface area (Å²) in [4.78, 5) is 24.1. The summed E-state index contributed by atoms with van der Waals surface area (Å²) < 4.78 is 6.45. The van der Waals surface area contributed by atoms with Gasteiger partial charge >= 0.3 is 6.09 Å². The van der Waals surface area contributed by atoms with E-state index in [2.05, 4.69) is 10.7 Å². The van der Waals surface area contributed by atoms with Gasteiger partial charge in [-0.3, -0.25) is 14.9 Å². The maximum Gasteiger partial charge on any atom is 0.408 e. The Morgan fingerprint density at radius 2 is 2.04 bits per heavy atom. The molecule has 9 heteroatoms. The maximum atomic E-state index is 12.2. The van der Waals surface area contributed by atoms with Crippen molar-refractivity contribution < 1.29 is 14.3 Å². The Morgan fingerprint density at radius 1 is 1.28 bits per heavy atom. The predicted octanol–water partition coefficient (Wildman–Crippen LogP) is 2.67. The number of halogens is 1. The number of nitrogens with one attached hydrogen (secondary N) is 2. The van der Waals surface area contributed by atoms with Gasteiger partial charge in [0.1, 0.15) is 23.1 Å². The van der Waals surface area contributed by atoms with Gasteiger partial charge in [-0.15, -0.1) is 11.6 Å². The fraction of sp³-hybridized carbons (Fsp3) is 0.188. The number of hydrogen-bond donors (Lipinski definition) is 2. The molecule has 1 unspecified atom stereocenters. The van der Waals surface area contributed by atoms with Gasteiger partial charge in [0.05, 0.1) is 5.88 Å². The minimum Gasteiger partial charge on any atom is -0.445 e. The second-order valence-corrected chi connectivity index (χ2v) is 5.91. The molecular weight excluding hydrogens is 364 g/mol. The topological polar surface area (TPSA) is 96.1 Å². The van der Waals surface area contributed by atoms with Crippen LogP contribution in [0.4, 0.5) is 4.79 Å². The van der Waals surface area contributed by atoms with E-state index < -0.39 is 18.0 Å². The summed E-state index contributed by atoms with van der Waals surface area (Å²) in [5.41, 5.74) is 3.39. The van der Waals surface area contributed by atoms with Gasteiger partial charge in [0.15, 0.2) is 0 Å². The summed E-state index contributed by atoms with van der Waals surface area (Å²) in [6.45, 7) is 0.0872. The van der Waals surface area contributed by atoms with Crippen LogP contribution in [0.25, 0.3) is 0 Å². The number of thioether (sulfide) groups is 1. The maximum absolute atomic E-state index is 12.2. The van der Waals surface area contributed by atoms with Crippen LogP contribution in [-0.4, -0.2) is 28.6 Å². The third-order valence-corrected chi connectivity index (χ3v) is 4.01. The highest BCUT2D eigenvalue weighted by molar-refractivity contribution is 8.03. The number of carbonyl (C=O) groups excluding carboxylic acids is 2. The number of alkyl carbamates (subject to hydrolysis) is 1. The Bertz CT molecular complexity index is 760. The molecule has 1 atom stereocenters. The summed E-state index contributed by atoms with van der Waals surface area (Å²) in [7, 11) is 0. The smallest absolute Gasteiger partial charge is 0.408 e. The molecule has 7 nitrogen and oxygen atoms in total. The summed E-state index contributed by atoms with van der Waals surface area (Å²) in [6.07, 6.45) is 0.833. The minimum absolute atomic E-state index is 0.0872. The van der Waals surface area contributed by atoms with E-state index in [-0.39, 0.29) is 12.5 Å². The number of rotatable bonds is 7. The molecule has 2 amide bonds. The highest BCUT2D eigenvalue weighted by atomic mass is 35.5. The Kier molecular flexibility index (Phi) is 7.19. The SMILES string of the molecule is N#CSc1cccn1NC(=O)C(CCl)NC(=O)OCc1ccccc1. The number of aromatic nitrogens is 1. The second-order valence-electron chi connectivity index (χ2n) is 4.80. The summed E-state index contributed by atoms with van der Waals surface area (Å²) in [5.74, 6) is -0.656. The Hall–Kier alpha value is -2.63. The number of hydrogen-bond acceptors (Lipinski definition) is 5. The lowest BCUT2D eigenvalue weighted by molar-refractivity contribution is -0.118. The van der Waals surface area contributed by atoms with E-state index in [0.717, 1.165) is 17.3 Å². The molecule has 130 valence electrons. The van der Waals surface area contributed by atoms with Gasteiger partial charge in [-0.2, -0.15) is 5.26 Å². The standard InChI is InChI=1S/C16H15ClN4O3S/c17-9-13(15(22)20-21-8-4-7-14(21)25-11-18)19-16(23)24-10-12-5-2-1-3-6-12/h1-8,13H,9-10H2,(H,19,23)(H,20,22). The van der Waals surface area contributed by atoms with Gasteiger partial charge in [-0.1, -0.05) is 30.3 Å². The first kappa shape index (κ1) is 18.7. The quantitative estimate of drug-likeness (QED) is 0.438. The van der Waals surface area contributed by atoms with Crippen LogP contribution in [0.3, 0.4) is 0 Å². The van der Waals surface area contributed by atoms with Crippen molar-refractivity contribution in [1.29, 1.82) is 5.26 Å². The molecule has 0 spiro atoms. The van der Waals surface area contributed by atoms with E-state index in [9.17, 15) is 9.59 Å². The molecule has 0 aliphatic rings. The first-order chi connectivity index (χ1) is 12.1. The first-order valence-corrected chi connectivity index (χ1v) is 8.56. The second kappa shape index (κ2) is 9.61. The van der Waals surface area contributed by atoms with Gasteiger partial charge in [0.2, 0.25) is 0 Å². The molecule has 0 fully saturated rings. The van der Waals surface area contributed by atoms with Gasteiger partial charge < -0.3 is 10.1 Å². The monoisotopic (exact) mass is 378 g/mol. The number of carbonyl (C=O) groups is 2. The fourth-order valence-corrected chi connectivity index (χ4v) is 2.53. The van der Waals surface area contributed by atoms with Crippen LogP contribution in [0.1, 0.15) is 5.56 Å². The van der Waals surface area contributed by atoms with Crippen LogP contribution in [-0.2, 0) is 16.1 Å². The van der Waals surface area contributed by atoms with Crippen molar-refractivity contribution in [2.24, 2.45) is 0 Å². The number of amides is 2. The molecule has 0 saturated heterocycles. The number of thiocyanates is 1. The van der Waals surface area contributed by atoms with Gasteiger partial charge in [-0.05, 0) is 17.7 Å². The fourth-order valence-electron chi connectivity index (χ4n) is 1.87. The molecule has 1 aromatic heterocycles. The molecule has 0 saturated carbocycles. The molecule has 0 aliphatic carbocycles. The van der Waals surface area contributed by atoms with Crippen molar-refractivity contribution in [3.63, 3.8) is 0 Å². The van der Waals surface area contributed by atoms with E-state index >= 15 is 0 Å². The number of alkyl halides is 1. The van der Waals surface area contributed by atoms with E-state index in [0.29, 0.717) is 5.03 Å². The molecule has 2 N–H and O–H groups in total. The summed E-state index contributed by atoms with van der Waals surface area (Å²) in [5, 5.41) is 13.6. The third-order valence-electron chi connectivity index (χ3n) is 3.07. The highest BCUT2D eigenvalue weighted by Gasteiger charge is 2.21. The number of nitriles is 1. The van der Waals surface area contributed by atoms with E-state index in [1.165, 1.54) is 4.68 Å². The van der Waals surface area contributed by atoms with Crippen LogP contribution in [0, 0.1) is 10.7 Å². The molecule has 0 aliphatic heterocycles. The zero-order chi connectivity index (χ0) is 18.1. The molecule has 25 heavy (non-hydrogen) atoms. The Balaban J connectivity index is 1.87. The van der Waals surface area contributed by atoms with Crippen LogP contribution in [0.5, 0.6) is 0 Å². The van der Waals surface area contributed by atoms with Crippen LogP contribution >= 0.6 is 23.4 Å². The Labute approximate surface area is 153 Å². The largest absolute Gasteiger partial charge is 0.445 e. The average Bonchev–Trinajstić information content (AvgIpc) is 3.06. The molecule has 1 heterocycles. The first-order valence-electron chi connectivity index (χ1n) is 7.21. The molecule has 0 bridgehead atoms. The molecule has 2 rings (SSSR count). The predicted molar refractivity (Wildman–Crippen MR) is 94.5 cm³/mol. The zero-order valence-corrected chi connectivity index (χ0v) is 14.6. The van der Waals surface area contributed by atoms with Crippen LogP contribution in [0.2, 0.25) is 0 Å². The van der Waals surface area contributed by atoms with E-state index in [1.54, 1.807) is 18.3 Å². The zero-order valence-electron chi connectivity index (χ0n) is 13.0. The lowest BCUT2D eigenvalue weighted by Crippen LogP contribution is -2.47. The van der Waals surface area contributed by atoms with E-state index in [1.807, 2.05) is 35.7 Å². The molecule has 1 aromatic carbocycles. The summed E-state index contributed by atoms with van der Waals surface area (Å²) in [6, 6.07) is 11.5. The molecular formula is C16H15ClN4O3S. The lowest BCUT2D eigenvalue weighted by Gasteiger charge is -2.17. The van der Waals surface area contributed by atoms with E-state index in [4.69, 9.17) is 21.6 Å². The van der Waals surface area contributed by atoms with Crippen molar-refractivity contribution >= 4 is 35.4 Å². The number of nitrogens with zero attached hydrogens (tertiary/aromatic N) is 2. The normalized spacial score (nSPS) is 11.2. The average molecular weight is 379 g/mol. The molecule has 2 aromatic rings. The van der Waals surface area contributed by atoms with Crippen LogP contribution < -0.4 is 10.7 Å². The Morgan fingerprint density at radius 3 is 2.72 bits per heavy atom.